The lowest BCUT2D eigenvalue weighted by Crippen LogP contribution is -2.51. The zero-order chi connectivity index (χ0) is 25.1. The van der Waals surface area contributed by atoms with Gasteiger partial charge in [-0.05, 0) is 35.2 Å². The quantitative estimate of drug-likeness (QED) is 0.487. The summed E-state index contributed by atoms with van der Waals surface area (Å²) in [4.78, 5) is 14.4. The first-order chi connectivity index (χ1) is 16.6. The fourth-order valence-corrected chi connectivity index (χ4v) is 4.76. The Morgan fingerprint density at radius 1 is 1.09 bits per heavy atom. The number of hydrogen-bond donors (Lipinski definition) is 1. The third-order valence-electron chi connectivity index (χ3n) is 5.94. The number of nitrogens with one attached hydrogen (secondary N) is 1. The minimum absolute atomic E-state index is 0.0493. The highest BCUT2D eigenvalue weighted by Crippen LogP contribution is 2.24. The minimum atomic E-state index is -3.66. The fraction of sp³-hybridized carbons (Fsp3) is 0.400. The topological polar surface area (TPSA) is 106 Å². The third-order valence-corrected chi connectivity index (χ3v) is 7.42. The molecule has 0 atom stereocenters. The number of likely N-dealkylation sites (tertiary alicyclic amines) is 1. The highest BCUT2D eigenvalue weighted by atomic mass is 32.2. The van der Waals surface area contributed by atoms with Gasteiger partial charge in [-0.15, -0.1) is 5.10 Å². The van der Waals surface area contributed by atoms with Gasteiger partial charge in [-0.1, -0.05) is 56.3 Å². The summed E-state index contributed by atoms with van der Waals surface area (Å²) in [5, 5.41) is 8.29. The van der Waals surface area contributed by atoms with Gasteiger partial charge in [-0.25, -0.2) is 17.8 Å². The number of rotatable bonds is 9. The van der Waals surface area contributed by atoms with Crippen molar-refractivity contribution in [3.8, 4) is 5.75 Å². The number of benzene rings is 2. The maximum absolute atomic E-state index is 12.5. The van der Waals surface area contributed by atoms with Crippen molar-refractivity contribution in [2.75, 3.05) is 19.6 Å². The lowest BCUT2D eigenvalue weighted by molar-refractivity contribution is -0.137. The highest BCUT2D eigenvalue weighted by Gasteiger charge is 2.32. The van der Waals surface area contributed by atoms with Crippen LogP contribution >= 0.6 is 0 Å². The number of carbonyl (C=O) groups excluding carboxylic acids is 1. The molecule has 4 rings (SSSR count). The van der Waals surface area contributed by atoms with Crippen LogP contribution in [0.4, 0.5) is 0 Å². The van der Waals surface area contributed by atoms with Gasteiger partial charge in [0.25, 0.3) is 0 Å². The number of para-hydroxylation sites is 1. The molecule has 1 N–H and O–H groups in total. The van der Waals surface area contributed by atoms with E-state index in [0.717, 1.165) is 11.3 Å². The molecule has 0 radical (unpaired) electrons. The lowest BCUT2D eigenvalue weighted by atomic mass is 9.87. The Kier molecular flexibility index (Phi) is 7.23. The summed E-state index contributed by atoms with van der Waals surface area (Å²) in [5.74, 6) is 0.666. The van der Waals surface area contributed by atoms with Gasteiger partial charge < -0.3 is 9.64 Å². The van der Waals surface area contributed by atoms with E-state index in [1.54, 1.807) is 21.7 Å². The second-order valence-electron chi connectivity index (χ2n) is 9.67. The second-order valence-corrected chi connectivity index (χ2v) is 11.4. The number of aromatic nitrogens is 3. The maximum atomic E-state index is 12.5. The number of ether oxygens (including phenoxy) is 1. The molecule has 2 heterocycles. The van der Waals surface area contributed by atoms with Gasteiger partial charge in [0, 0.05) is 26.1 Å². The molecule has 186 valence electrons. The van der Waals surface area contributed by atoms with Crippen LogP contribution < -0.4 is 9.46 Å². The molecule has 1 aromatic heterocycles. The summed E-state index contributed by atoms with van der Waals surface area (Å²) < 4.78 is 35.0. The van der Waals surface area contributed by atoms with Gasteiger partial charge in [0.15, 0.2) is 0 Å². The average molecular weight is 498 g/mol. The Labute approximate surface area is 206 Å². The number of amides is 1. The Bertz CT molecular complexity index is 1250. The smallest absolute Gasteiger partial charge is 0.240 e. The number of hydrogen-bond acceptors (Lipinski definition) is 6. The number of carbonyl (C=O) groups is 1. The Balaban J connectivity index is 1.20. The van der Waals surface area contributed by atoms with E-state index in [2.05, 4.69) is 35.8 Å². The summed E-state index contributed by atoms with van der Waals surface area (Å²) in [6.07, 6.45) is 1.92. The first kappa shape index (κ1) is 24.9. The fourth-order valence-electron chi connectivity index (χ4n) is 3.73. The second kappa shape index (κ2) is 10.2. The van der Waals surface area contributed by atoms with Crippen LogP contribution in [0.5, 0.6) is 5.75 Å². The molecule has 1 fully saturated rings. The Morgan fingerprint density at radius 2 is 1.77 bits per heavy atom. The van der Waals surface area contributed by atoms with E-state index >= 15 is 0 Å². The predicted octanol–water partition coefficient (Wildman–Crippen LogP) is 2.91. The first-order valence-corrected chi connectivity index (χ1v) is 13.1. The summed E-state index contributed by atoms with van der Waals surface area (Å²) >= 11 is 0. The summed E-state index contributed by atoms with van der Waals surface area (Å²) in [6.45, 7) is 7.62. The maximum Gasteiger partial charge on any atom is 0.240 e. The van der Waals surface area contributed by atoms with Gasteiger partial charge in [0.2, 0.25) is 15.9 Å². The zero-order valence-corrected chi connectivity index (χ0v) is 21.0. The van der Waals surface area contributed by atoms with Crippen molar-refractivity contribution in [3.05, 3.63) is 72.1 Å². The summed E-state index contributed by atoms with van der Waals surface area (Å²) in [5.41, 5.74) is 1.71. The van der Waals surface area contributed by atoms with Gasteiger partial charge in [0.05, 0.1) is 17.1 Å². The zero-order valence-electron chi connectivity index (χ0n) is 20.2. The van der Waals surface area contributed by atoms with E-state index in [1.807, 2.05) is 48.7 Å². The molecule has 0 saturated carbocycles. The largest absolute Gasteiger partial charge is 0.487 e. The standard InChI is InChI=1S/C25H31N5O4S/c1-25(2,3)19-9-11-23(12-10-19)35(32,33)26-14-13-24(31)29-16-21(17-29)30-15-20(27-28-30)18-34-22-7-5-4-6-8-22/h4-12,15,21,26H,13-14,16-18H2,1-3H3. The average Bonchev–Trinajstić information content (AvgIpc) is 3.25. The van der Waals surface area contributed by atoms with Crippen LogP contribution in [0.25, 0.3) is 0 Å². The van der Waals surface area contributed by atoms with Crippen molar-refractivity contribution >= 4 is 15.9 Å². The normalized spacial score (nSPS) is 14.5. The molecule has 0 bridgehead atoms. The summed E-state index contributed by atoms with van der Waals surface area (Å²) in [7, 11) is -3.66. The Hall–Kier alpha value is -3.24. The molecule has 1 aliphatic rings. The molecule has 1 aliphatic heterocycles. The molecule has 0 aliphatic carbocycles. The molecule has 3 aromatic rings. The molecular weight excluding hydrogens is 466 g/mol. The van der Waals surface area contributed by atoms with Crippen LogP contribution in [0.15, 0.2) is 65.7 Å². The molecule has 9 nitrogen and oxygen atoms in total. The molecule has 2 aromatic carbocycles. The minimum Gasteiger partial charge on any atom is -0.487 e. The van der Waals surface area contributed by atoms with Crippen LogP contribution in [-0.4, -0.2) is 53.9 Å². The van der Waals surface area contributed by atoms with Crippen LogP contribution in [0, 0.1) is 0 Å². The van der Waals surface area contributed by atoms with Crippen LogP contribution in [0.1, 0.15) is 44.5 Å². The lowest BCUT2D eigenvalue weighted by Gasteiger charge is -2.38. The van der Waals surface area contributed by atoms with Gasteiger partial charge in [-0.3, -0.25) is 4.79 Å². The van der Waals surface area contributed by atoms with Crippen molar-refractivity contribution in [1.29, 1.82) is 0 Å². The van der Waals surface area contributed by atoms with Gasteiger partial charge in [-0.2, -0.15) is 0 Å². The van der Waals surface area contributed by atoms with Gasteiger partial charge in [0.1, 0.15) is 18.1 Å². The van der Waals surface area contributed by atoms with Gasteiger partial charge >= 0.3 is 0 Å². The Morgan fingerprint density at radius 3 is 2.43 bits per heavy atom. The molecule has 10 heteroatoms. The van der Waals surface area contributed by atoms with E-state index < -0.39 is 10.0 Å². The molecule has 35 heavy (non-hydrogen) atoms. The molecule has 0 unspecified atom stereocenters. The highest BCUT2D eigenvalue weighted by molar-refractivity contribution is 7.89. The van der Waals surface area contributed by atoms with Crippen molar-refractivity contribution in [2.45, 2.75) is 50.2 Å². The number of nitrogens with zero attached hydrogens (tertiary/aromatic N) is 4. The van der Waals surface area contributed by atoms with Crippen LogP contribution in [0.3, 0.4) is 0 Å². The summed E-state index contributed by atoms with van der Waals surface area (Å²) in [6, 6.07) is 16.4. The molecule has 1 saturated heterocycles. The van der Waals surface area contributed by atoms with E-state index in [-0.39, 0.29) is 35.2 Å². The van der Waals surface area contributed by atoms with E-state index in [0.29, 0.717) is 25.4 Å². The van der Waals surface area contributed by atoms with E-state index in [9.17, 15) is 13.2 Å². The van der Waals surface area contributed by atoms with Crippen LogP contribution in [0.2, 0.25) is 0 Å². The molecule has 1 amide bonds. The van der Waals surface area contributed by atoms with Crippen molar-refractivity contribution < 1.29 is 17.9 Å². The number of sulfonamides is 1. The van der Waals surface area contributed by atoms with E-state index in [1.165, 1.54) is 0 Å². The van der Waals surface area contributed by atoms with E-state index in [4.69, 9.17) is 4.74 Å². The van der Waals surface area contributed by atoms with Crippen molar-refractivity contribution in [3.63, 3.8) is 0 Å². The van der Waals surface area contributed by atoms with Crippen molar-refractivity contribution in [1.82, 2.24) is 24.6 Å². The predicted molar refractivity (Wildman–Crippen MR) is 131 cm³/mol. The van der Waals surface area contributed by atoms with Crippen molar-refractivity contribution in [2.24, 2.45) is 0 Å². The first-order valence-electron chi connectivity index (χ1n) is 11.6. The third kappa shape index (κ3) is 6.26. The molecular formula is C25H31N5O4S. The SMILES string of the molecule is CC(C)(C)c1ccc(S(=O)(=O)NCCC(=O)N2CC(n3cc(COc4ccccc4)nn3)C2)cc1. The monoisotopic (exact) mass is 497 g/mol. The molecule has 0 spiro atoms. The van der Waals surface area contributed by atoms with Crippen LogP contribution in [-0.2, 0) is 26.8 Å².